The smallest absolute Gasteiger partial charge is 0.411 e. The summed E-state index contributed by atoms with van der Waals surface area (Å²) >= 11 is 0. The molecule has 1 amide bonds. The largest absolute Gasteiger partial charge is 0.478 e. The first kappa shape index (κ1) is 17.1. The lowest BCUT2D eigenvalue weighted by Crippen LogP contribution is -2.15. The maximum atomic E-state index is 11.4. The number of nitrogens with two attached hydrogens (primary N) is 1. The summed E-state index contributed by atoms with van der Waals surface area (Å²) in [6.45, 7) is 2.42. The number of aromatic carboxylic acids is 1. The van der Waals surface area contributed by atoms with E-state index in [1.165, 1.54) is 12.1 Å². The summed E-state index contributed by atoms with van der Waals surface area (Å²) in [5.41, 5.74) is 7.30. The van der Waals surface area contributed by atoms with Crippen LogP contribution in [0.25, 0.3) is 0 Å². The maximum absolute atomic E-state index is 11.4. The molecule has 1 aromatic carbocycles. The van der Waals surface area contributed by atoms with Crippen molar-refractivity contribution in [3.63, 3.8) is 0 Å². The lowest BCUT2D eigenvalue weighted by atomic mass is 10.1. The monoisotopic (exact) mass is 330 g/mol. The van der Waals surface area contributed by atoms with Gasteiger partial charge in [0.05, 0.1) is 17.9 Å². The molecule has 0 aliphatic heterocycles. The Morgan fingerprint density at radius 2 is 1.92 bits per heavy atom. The number of nitrogens with zero attached hydrogens (tertiary/aromatic N) is 1. The molecule has 0 atom stereocenters. The van der Waals surface area contributed by atoms with Crippen LogP contribution in [0.15, 0.2) is 36.4 Å². The van der Waals surface area contributed by atoms with Crippen molar-refractivity contribution in [3.05, 3.63) is 47.5 Å². The molecule has 0 aliphatic rings. The van der Waals surface area contributed by atoms with E-state index < -0.39 is 12.1 Å². The number of hydrogen-bond acceptors (Lipinski definition) is 6. The van der Waals surface area contributed by atoms with Gasteiger partial charge in [-0.15, -0.1) is 0 Å². The second-order valence-electron chi connectivity index (χ2n) is 4.83. The summed E-state index contributed by atoms with van der Waals surface area (Å²) in [4.78, 5) is 26.3. The third kappa shape index (κ3) is 4.60. The van der Waals surface area contributed by atoms with Crippen LogP contribution in [0.2, 0.25) is 0 Å². The Morgan fingerprint density at radius 1 is 1.21 bits per heavy atom. The fraction of sp³-hybridized carbons (Fsp3) is 0.188. The molecule has 2 aromatic rings. The van der Waals surface area contributed by atoms with E-state index in [1.807, 2.05) is 0 Å². The van der Waals surface area contributed by atoms with Gasteiger partial charge < -0.3 is 20.9 Å². The minimum absolute atomic E-state index is 0.161. The van der Waals surface area contributed by atoms with Crippen molar-refractivity contribution in [3.8, 4) is 0 Å². The van der Waals surface area contributed by atoms with Gasteiger partial charge in [-0.1, -0.05) is 12.1 Å². The standard InChI is InChI=1S/C16H18N4O4/c1-2-24-16(23)19-12-7-8-13(20-14(12)17)18-9-10-3-5-11(6-4-10)15(21)22/h3-8H,2,9H2,1H3,(H,19,23)(H,21,22)(H3,17,18,20). The normalized spacial score (nSPS) is 10.0. The summed E-state index contributed by atoms with van der Waals surface area (Å²) in [7, 11) is 0. The van der Waals surface area contributed by atoms with Crippen molar-refractivity contribution in [2.75, 3.05) is 23.0 Å². The number of carboxylic acids is 1. The Labute approximate surface area is 138 Å². The molecule has 0 spiro atoms. The predicted octanol–water partition coefficient (Wildman–Crippen LogP) is 2.54. The summed E-state index contributed by atoms with van der Waals surface area (Å²) < 4.78 is 4.77. The molecule has 126 valence electrons. The third-order valence-electron chi connectivity index (χ3n) is 3.11. The number of ether oxygens (including phenoxy) is 1. The van der Waals surface area contributed by atoms with Crippen molar-refractivity contribution >= 4 is 29.4 Å². The number of amides is 1. The second kappa shape index (κ2) is 7.82. The minimum Gasteiger partial charge on any atom is -0.478 e. The molecule has 0 saturated heterocycles. The van der Waals surface area contributed by atoms with Gasteiger partial charge in [-0.3, -0.25) is 5.32 Å². The van der Waals surface area contributed by atoms with Crippen molar-refractivity contribution in [2.45, 2.75) is 13.5 Å². The van der Waals surface area contributed by atoms with Gasteiger partial charge >= 0.3 is 12.1 Å². The Bertz CT molecular complexity index is 731. The molecule has 24 heavy (non-hydrogen) atoms. The number of aromatic nitrogens is 1. The number of hydrogen-bond donors (Lipinski definition) is 4. The van der Waals surface area contributed by atoms with Crippen LogP contribution in [0.5, 0.6) is 0 Å². The highest BCUT2D eigenvalue weighted by Crippen LogP contribution is 2.19. The van der Waals surface area contributed by atoms with E-state index >= 15 is 0 Å². The first-order valence-electron chi connectivity index (χ1n) is 7.26. The van der Waals surface area contributed by atoms with Gasteiger partial charge in [0.1, 0.15) is 11.6 Å². The summed E-state index contributed by atoms with van der Waals surface area (Å²) in [5.74, 6) is -0.271. The van der Waals surface area contributed by atoms with Crippen LogP contribution in [0.3, 0.4) is 0 Å². The average Bonchev–Trinajstić information content (AvgIpc) is 2.56. The van der Waals surface area contributed by atoms with Crippen LogP contribution in [0.1, 0.15) is 22.8 Å². The number of benzene rings is 1. The topological polar surface area (TPSA) is 127 Å². The number of pyridine rings is 1. The molecule has 8 heteroatoms. The number of nitrogens with one attached hydrogen (secondary N) is 2. The molecule has 0 saturated carbocycles. The van der Waals surface area contributed by atoms with Gasteiger partial charge in [-0.25, -0.2) is 14.6 Å². The van der Waals surface area contributed by atoms with Crippen LogP contribution in [0.4, 0.5) is 22.1 Å². The molecule has 0 unspecified atom stereocenters. The number of carbonyl (C=O) groups excluding carboxylic acids is 1. The zero-order valence-corrected chi connectivity index (χ0v) is 13.1. The molecule has 1 aromatic heterocycles. The zero-order valence-electron chi connectivity index (χ0n) is 13.1. The van der Waals surface area contributed by atoms with Crippen molar-refractivity contribution in [1.29, 1.82) is 0 Å². The minimum atomic E-state index is -0.964. The van der Waals surface area contributed by atoms with Gasteiger partial charge in [0.15, 0.2) is 0 Å². The van der Waals surface area contributed by atoms with Crippen LogP contribution < -0.4 is 16.4 Å². The zero-order chi connectivity index (χ0) is 17.5. The molecule has 0 bridgehead atoms. The number of rotatable bonds is 6. The lowest BCUT2D eigenvalue weighted by Gasteiger charge is -2.10. The molecule has 0 fully saturated rings. The SMILES string of the molecule is CCOC(=O)Nc1ccc(NCc2ccc(C(=O)O)cc2)nc1N. The van der Waals surface area contributed by atoms with Gasteiger partial charge in [0, 0.05) is 6.54 Å². The number of anilines is 3. The fourth-order valence-electron chi connectivity index (χ4n) is 1.91. The van der Waals surface area contributed by atoms with E-state index in [2.05, 4.69) is 15.6 Å². The van der Waals surface area contributed by atoms with Crippen LogP contribution in [0, 0.1) is 0 Å². The van der Waals surface area contributed by atoms with Crippen LogP contribution >= 0.6 is 0 Å². The molecular weight excluding hydrogens is 312 g/mol. The average molecular weight is 330 g/mol. The quantitative estimate of drug-likeness (QED) is 0.641. The molecule has 0 radical (unpaired) electrons. The molecule has 5 N–H and O–H groups in total. The first-order valence-corrected chi connectivity index (χ1v) is 7.26. The van der Waals surface area contributed by atoms with Crippen LogP contribution in [-0.4, -0.2) is 28.8 Å². The highest BCUT2D eigenvalue weighted by atomic mass is 16.5. The Hall–Kier alpha value is -3.29. The van der Waals surface area contributed by atoms with E-state index in [-0.39, 0.29) is 18.0 Å². The molecular formula is C16H18N4O4. The van der Waals surface area contributed by atoms with Gasteiger partial charge in [-0.05, 0) is 36.8 Å². The van der Waals surface area contributed by atoms with Crippen molar-refractivity contribution < 1.29 is 19.4 Å². The van der Waals surface area contributed by atoms with E-state index in [1.54, 1.807) is 31.2 Å². The van der Waals surface area contributed by atoms with E-state index in [0.29, 0.717) is 18.1 Å². The van der Waals surface area contributed by atoms with Crippen LogP contribution in [-0.2, 0) is 11.3 Å². The van der Waals surface area contributed by atoms with E-state index in [9.17, 15) is 9.59 Å². The highest BCUT2D eigenvalue weighted by Gasteiger charge is 2.07. The predicted molar refractivity (Wildman–Crippen MR) is 90.0 cm³/mol. The van der Waals surface area contributed by atoms with E-state index in [0.717, 1.165) is 5.56 Å². The summed E-state index contributed by atoms with van der Waals surface area (Å²) in [5, 5.41) is 14.4. The number of nitrogen functional groups attached to an aromatic ring is 1. The van der Waals surface area contributed by atoms with Gasteiger partial charge in [-0.2, -0.15) is 0 Å². The molecule has 1 heterocycles. The molecule has 0 aliphatic carbocycles. The Morgan fingerprint density at radius 3 is 2.50 bits per heavy atom. The number of carboxylic acid groups (broad SMARTS) is 1. The van der Waals surface area contributed by atoms with Gasteiger partial charge in [0.2, 0.25) is 0 Å². The lowest BCUT2D eigenvalue weighted by molar-refractivity contribution is 0.0697. The van der Waals surface area contributed by atoms with Crippen molar-refractivity contribution in [2.24, 2.45) is 0 Å². The Kier molecular flexibility index (Phi) is 5.56. The first-order chi connectivity index (χ1) is 11.5. The third-order valence-corrected chi connectivity index (χ3v) is 3.11. The summed E-state index contributed by atoms with van der Waals surface area (Å²) in [6, 6.07) is 9.80. The highest BCUT2D eigenvalue weighted by molar-refractivity contribution is 5.88. The van der Waals surface area contributed by atoms with Gasteiger partial charge in [0.25, 0.3) is 0 Å². The second-order valence-corrected chi connectivity index (χ2v) is 4.83. The molecule has 2 rings (SSSR count). The fourth-order valence-corrected chi connectivity index (χ4v) is 1.91. The molecule has 8 nitrogen and oxygen atoms in total. The van der Waals surface area contributed by atoms with Crippen molar-refractivity contribution in [1.82, 2.24) is 4.98 Å². The number of carbonyl (C=O) groups is 2. The summed E-state index contributed by atoms with van der Waals surface area (Å²) in [6.07, 6.45) is -0.592. The van der Waals surface area contributed by atoms with E-state index in [4.69, 9.17) is 15.6 Å². The Balaban J connectivity index is 1.96. The maximum Gasteiger partial charge on any atom is 0.411 e.